The fourth-order valence-corrected chi connectivity index (χ4v) is 0.995. The maximum Gasteiger partial charge on any atom is 0.433 e. The standard InChI is InChI=1S/C9H4F3N3O2/c10-9(11,12)7-2-1-5(4-14-7)8(16)6(3-13)15-17/h1-2,4,6H. The maximum absolute atomic E-state index is 12.1. The molecule has 0 amide bonds. The van der Waals surface area contributed by atoms with E-state index in [1.54, 1.807) is 0 Å². The lowest BCUT2D eigenvalue weighted by molar-refractivity contribution is -0.141. The average molecular weight is 243 g/mol. The van der Waals surface area contributed by atoms with E-state index in [9.17, 15) is 22.9 Å². The summed E-state index contributed by atoms with van der Waals surface area (Å²) in [6, 6.07) is 0.977. The number of Topliss-reactive ketones (excluding diaryl/α,β-unsaturated/α-hetero) is 1. The Bertz CT molecular complexity index is 476. The number of nitrogens with zero attached hydrogens (tertiary/aromatic N) is 3. The zero-order valence-electron chi connectivity index (χ0n) is 8.10. The van der Waals surface area contributed by atoms with Gasteiger partial charge in [-0.25, -0.2) is 0 Å². The highest BCUT2D eigenvalue weighted by Gasteiger charge is 2.32. The quantitative estimate of drug-likeness (QED) is 0.599. The molecule has 0 bridgehead atoms. The first-order valence-electron chi connectivity index (χ1n) is 4.19. The molecule has 0 saturated heterocycles. The molecule has 0 fully saturated rings. The number of nitriles is 1. The van der Waals surface area contributed by atoms with Gasteiger partial charge in [0, 0.05) is 11.8 Å². The smallest absolute Gasteiger partial charge is 0.290 e. The molecular weight excluding hydrogens is 239 g/mol. The summed E-state index contributed by atoms with van der Waals surface area (Å²) in [5.74, 6) is -0.983. The molecule has 5 nitrogen and oxygen atoms in total. The number of carbonyl (C=O) groups is 1. The van der Waals surface area contributed by atoms with E-state index in [0.717, 1.165) is 6.07 Å². The van der Waals surface area contributed by atoms with Crippen LogP contribution in [-0.2, 0) is 6.18 Å². The zero-order chi connectivity index (χ0) is 13.1. The minimum atomic E-state index is -4.61. The van der Waals surface area contributed by atoms with Gasteiger partial charge >= 0.3 is 6.18 Å². The number of rotatable bonds is 3. The molecule has 1 aromatic rings. The van der Waals surface area contributed by atoms with Gasteiger partial charge in [0.15, 0.2) is 0 Å². The van der Waals surface area contributed by atoms with Crippen molar-refractivity contribution >= 4 is 5.78 Å². The van der Waals surface area contributed by atoms with Gasteiger partial charge in [0.2, 0.25) is 11.8 Å². The summed E-state index contributed by atoms with van der Waals surface area (Å²) in [5, 5.41) is 10.6. The van der Waals surface area contributed by atoms with Crippen LogP contribution in [-0.4, -0.2) is 16.8 Å². The topological polar surface area (TPSA) is 83.2 Å². The van der Waals surface area contributed by atoms with Crippen molar-refractivity contribution < 1.29 is 18.0 Å². The van der Waals surface area contributed by atoms with E-state index in [-0.39, 0.29) is 5.56 Å². The third-order valence-electron chi connectivity index (χ3n) is 1.81. The minimum Gasteiger partial charge on any atom is -0.290 e. The summed E-state index contributed by atoms with van der Waals surface area (Å²) >= 11 is 0. The van der Waals surface area contributed by atoms with E-state index in [0.29, 0.717) is 12.3 Å². The van der Waals surface area contributed by atoms with E-state index in [1.165, 1.54) is 6.07 Å². The molecule has 0 radical (unpaired) electrons. The molecule has 0 aromatic carbocycles. The van der Waals surface area contributed by atoms with E-state index in [4.69, 9.17) is 5.26 Å². The first kappa shape index (κ1) is 12.8. The third kappa shape index (κ3) is 2.84. The second-order valence-electron chi connectivity index (χ2n) is 2.93. The average Bonchev–Trinajstić information content (AvgIpc) is 2.29. The van der Waals surface area contributed by atoms with Crippen LogP contribution in [0.5, 0.6) is 0 Å². The van der Waals surface area contributed by atoms with Gasteiger partial charge in [-0.05, 0) is 17.3 Å². The molecule has 0 aliphatic heterocycles. The van der Waals surface area contributed by atoms with Crippen LogP contribution >= 0.6 is 0 Å². The largest absolute Gasteiger partial charge is 0.433 e. The Hall–Kier alpha value is -2.30. The molecule has 1 aromatic heterocycles. The molecule has 0 spiro atoms. The molecule has 0 N–H and O–H groups in total. The number of hydrogen-bond acceptors (Lipinski definition) is 5. The molecule has 1 unspecified atom stereocenters. The zero-order valence-corrected chi connectivity index (χ0v) is 8.10. The Morgan fingerprint density at radius 3 is 2.47 bits per heavy atom. The molecule has 8 heteroatoms. The van der Waals surface area contributed by atoms with Crippen molar-refractivity contribution in [1.82, 2.24) is 4.98 Å². The normalized spacial score (nSPS) is 12.6. The highest BCUT2D eigenvalue weighted by molar-refractivity contribution is 6.01. The van der Waals surface area contributed by atoms with Gasteiger partial charge in [0.1, 0.15) is 11.8 Å². The number of carbonyl (C=O) groups excluding carboxylic acids is 1. The van der Waals surface area contributed by atoms with Crippen molar-refractivity contribution in [3.63, 3.8) is 0 Å². The number of halogens is 3. The maximum atomic E-state index is 12.1. The lowest BCUT2D eigenvalue weighted by Crippen LogP contribution is -2.17. The first-order valence-corrected chi connectivity index (χ1v) is 4.19. The van der Waals surface area contributed by atoms with Crippen molar-refractivity contribution in [2.24, 2.45) is 5.18 Å². The van der Waals surface area contributed by atoms with Gasteiger partial charge in [-0.15, -0.1) is 4.91 Å². The predicted octanol–water partition coefficient (Wildman–Crippen LogP) is 1.94. The third-order valence-corrected chi connectivity index (χ3v) is 1.81. The van der Waals surface area contributed by atoms with Crippen molar-refractivity contribution in [3.05, 3.63) is 34.5 Å². The summed E-state index contributed by atoms with van der Waals surface area (Å²) < 4.78 is 36.4. The highest BCUT2D eigenvalue weighted by Crippen LogP contribution is 2.27. The Kier molecular flexibility index (Phi) is 3.52. The number of hydrogen-bond donors (Lipinski definition) is 0. The van der Waals surface area contributed by atoms with Gasteiger partial charge in [-0.2, -0.15) is 18.4 Å². The molecular formula is C9H4F3N3O2. The number of ketones is 1. The number of nitroso groups, excluding NO2 is 1. The van der Waals surface area contributed by atoms with Crippen molar-refractivity contribution in [2.45, 2.75) is 12.2 Å². The molecule has 0 aliphatic rings. The highest BCUT2D eigenvalue weighted by atomic mass is 19.4. The van der Waals surface area contributed by atoms with Crippen molar-refractivity contribution in [1.29, 1.82) is 5.26 Å². The van der Waals surface area contributed by atoms with Crippen LogP contribution in [0, 0.1) is 16.2 Å². The lowest BCUT2D eigenvalue weighted by atomic mass is 10.1. The summed E-state index contributed by atoms with van der Waals surface area (Å²) in [5.41, 5.74) is -1.44. The summed E-state index contributed by atoms with van der Waals surface area (Å²) in [4.78, 5) is 24.4. The molecule has 88 valence electrons. The van der Waals surface area contributed by atoms with Gasteiger partial charge in [0.25, 0.3) is 0 Å². The van der Waals surface area contributed by atoms with Crippen molar-refractivity contribution in [3.8, 4) is 6.07 Å². The Labute approximate surface area is 92.9 Å². The number of pyridine rings is 1. The predicted molar refractivity (Wildman–Crippen MR) is 48.8 cm³/mol. The number of aromatic nitrogens is 1. The first-order chi connectivity index (χ1) is 7.90. The van der Waals surface area contributed by atoms with Crippen LogP contribution in [0.2, 0.25) is 0 Å². The van der Waals surface area contributed by atoms with E-state index < -0.39 is 23.7 Å². The Morgan fingerprint density at radius 1 is 1.47 bits per heavy atom. The Morgan fingerprint density at radius 2 is 2.12 bits per heavy atom. The SMILES string of the molecule is N#CC(N=O)C(=O)c1ccc(C(F)(F)F)nc1. The second-order valence-corrected chi connectivity index (χ2v) is 2.93. The summed E-state index contributed by atoms with van der Waals surface area (Å²) in [7, 11) is 0. The van der Waals surface area contributed by atoms with Crippen LogP contribution in [0.25, 0.3) is 0 Å². The molecule has 17 heavy (non-hydrogen) atoms. The molecule has 1 heterocycles. The fraction of sp³-hybridized carbons (Fsp3) is 0.222. The Balaban J connectivity index is 3.00. The minimum absolute atomic E-state index is 0.274. The van der Waals surface area contributed by atoms with Crippen LogP contribution in [0.15, 0.2) is 23.5 Å². The van der Waals surface area contributed by atoms with Gasteiger partial charge in [-0.1, -0.05) is 0 Å². The van der Waals surface area contributed by atoms with Crippen molar-refractivity contribution in [2.75, 3.05) is 0 Å². The molecule has 0 aliphatic carbocycles. The molecule has 0 saturated carbocycles. The van der Waals surface area contributed by atoms with E-state index >= 15 is 0 Å². The van der Waals surface area contributed by atoms with E-state index in [2.05, 4.69) is 10.2 Å². The summed E-state index contributed by atoms with van der Waals surface area (Å²) in [6.07, 6.45) is -3.96. The van der Waals surface area contributed by atoms with Gasteiger partial charge < -0.3 is 0 Å². The molecule has 1 atom stereocenters. The van der Waals surface area contributed by atoms with Gasteiger partial charge in [-0.3, -0.25) is 9.78 Å². The van der Waals surface area contributed by atoms with E-state index in [1.807, 2.05) is 0 Å². The van der Waals surface area contributed by atoms with Crippen LogP contribution in [0.4, 0.5) is 13.2 Å². The monoisotopic (exact) mass is 243 g/mol. The number of alkyl halides is 3. The fourth-order valence-electron chi connectivity index (χ4n) is 0.995. The molecule has 1 rings (SSSR count). The van der Waals surface area contributed by atoms with Crippen LogP contribution in [0.1, 0.15) is 16.1 Å². The lowest BCUT2D eigenvalue weighted by Gasteiger charge is -2.05. The van der Waals surface area contributed by atoms with Crippen LogP contribution in [0.3, 0.4) is 0 Å². The van der Waals surface area contributed by atoms with Gasteiger partial charge in [0.05, 0.1) is 0 Å². The summed E-state index contributed by atoms with van der Waals surface area (Å²) in [6.45, 7) is 0. The second kappa shape index (κ2) is 4.69. The van der Waals surface area contributed by atoms with Crippen LogP contribution < -0.4 is 0 Å².